The lowest BCUT2D eigenvalue weighted by molar-refractivity contribution is 0.288. The van der Waals surface area contributed by atoms with Crippen molar-refractivity contribution in [3.8, 4) is 0 Å². The first kappa shape index (κ1) is 13.0. The van der Waals surface area contributed by atoms with Crippen molar-refractivity contribution in [1.29, 1.82) is 0 Å². The molecule has 0 aliphatic carbocycles. The molecule has 0 spiro atoms. The monoisotopic (exact) mass is 253 g/mol. The third kappa shape index (κ3) is 4.05. The molecule has 1 aromatic heterocycles. The fourth-order valence-electron chi connectivity index (χ4n) is 2.46. The smallest absolute Gasteiger partial charge is 0.107 e. The quantitative estimate of drug-likeness (QED) is 0.845. The molecule has 1 aromatic rings. The Kier molecular flexibility index (Phi) is 4.95. The van der Waals surface area contributed by atoms with Crippen molar-refractivity contribution in [2.45, 2.75) is 45.7 Å². The van der Waals surface area contributed by atoms with Crippen LogP contribution < -0.4 is 10.6 Å². The minimum Gasteiger partial charge on any atom is -0.313 e. The topological polar surface area (TPSA) is 37.0 Å². The van der Waals surface area contributed by atoms with Gasteiger partial charge in [0.15, 0.2) is 0 Å². The lowest BCUT2D eigenvalue weighted by Crippen LogP contribution is -2.44. The second-order valence-corrected chi connectivity index (χ2v) is 6.26. The molecule has 1 fully saturated rings. The SMILES string of the molecule is CCC1CCNC(CNCc2ncc(C)s2)C1. The number of nitrogens with zero attached hydrogens (tertiary/aromatic N) is 1. The van der Waals surface area contributed by atoms with E-state index in [1.54, 1.807) is 11.3 Å². The second-order valence-electron chi connectivity index (χ2n) is 4.95. The van der Waals surface area contributed by atoms with E-state index >= 15 is 0 Å². The molecule has 0 radical (unpaired) electrons. The van der Waals surface area contributed by atoms with Crippen LogP contribution in [0.15, 0.2) is 6.20 Å². The van der Waals surface area contributed by atoms with Gasteiger partial charge in [-0.1, -0.05) is 13.3 Å². The largest absolute Gasteiger partial charge is 0.313 e. The van der Waals surface area contributed by atoms with Crippen LogP contribution in [0.5, 0.6) is 0 Å². The van der Waals surface area contributed by atoms with Crippen molar-refractivity contribution in [3.63, 3.8) is 0 Å². The summed E-state index contributed by atoms with van der Waals surface area (Å²) < 4.78 is 0. The molecule has 2 rings (SSSR count). The number of aryl methyl sites for hydroxylation is 1. The summed E-state index contributed by atoms with van der Waals surface area (Å²) in [6.45, 7) is 7.57. The average molecular weight is 253 g/mol. The Morgan fingerprint density at radius 1 is 1.59 bits per heavy atom. The highest BCUT2D eigenvalue weighted by atomic mass is 32.1. The van der Waals surface area contributed by atoms with Crippen LogP contribution in [0.1, 0.15) is 36.1 Å². The van der Waals surface area contributed by atoms with Crippen molar-refractivity contribution in [2.75, 3.05) is 13.1 Å². The first-order valence-electron chi connectivity index (χ1n) is 6.63. The summed E-state index contributed by atoms with van der Waals surface area (Å²) in [5, 5.41) is 8.31. The molecular weight excluding hydrogens is 230 g/mol. The van der Waals surface area contributed by atoms with E-state index in [9.17, 15) is 0 Å². The standard InChI is InChI=1S/C13H23N3S/c1-3-11-4-5-15-12(6-11)8-14-9-13-16-7-10(2)17-13/h7,11-12,14-15H,3-6,8-9H2,1-2H3. The summed E-state index contributed by atoms with van der Waals surface area (Å²) in [5.74, 6) is 0.921. The van der Waals surface area contributed by atoms with Gasteiger partial charge in [0.1, 0.15) is 5.01 Å². The normalized spacial score (nSPS) is 25.1. The summed E-state index contributed by atoms with van der Waals surface area (Å²) >= 11 is 1.79. The molecule has 2 N–H and O–H groups in total. The maximum atomic E-state index is 4.37. The number of aromatic nitrogens is 1. The number of hydrogen-bond donors (Lipinski definition) is 2. The first-order valence-corrected chi connectivity index (χ1v) is 7.45. The van der Waals surface area contributed by atoms with Crippen LogP contribution in [0.4, 0.5) is 0 Å². The summed E-state index contributed by atoms with van der Waals surface area (Å²) in [5.41, 5.74) is 0. The van der Waals surface area contributed by atoms with E-state index in [1.807, 2.05) is 6.20 Å². The number of piperidine rings is 1. The van der Waals surface area contributed by atoms with Crippen LogP contribution in [0.2, 0.25) is 0 Å². The molecule has 17 heavy (non-hydrogen) atoms. The molecule has 2 heterocycles. The lowest BCUT2D eigenvalue weighted by atomic mass is 9.90. The van der Waals surface area contributed by atoms with Gasteiger partial charge in [-0.15, -0.1) is 11.3 Å². The highest BCUT2D eigenvalue weighted by Gasteiger charge is 2.19. The Bertz CT molecular complexity index is 337. The molecular formula is C13H23N3S. The molecule has 0 saturated carbocycles. The summed E-state index contributed by atoms with van der Waals surface area (Å²) in [4.78, 5) is 5.66. The Morgan fingerprint density at radius 2 is 2.47 bits per heavy atom. The maximum Gasteiger partial charge on any atom is 0.107 e. The summed E-state index contributed by atoms with van der Waals surface area (Å²) in [6.07, 6.45) is 5.94. The van der Waals surface area contributed by atoms with Crippen LogP contribution in [0.25, 0.3) is 0 Å². The Labute approximate surface area is 108 Å². The van der Waals surface area contributed by atoms with Gasteiger partial charge in [-0.25, -0.2) is 4.98 Å². The molecule has 0 amide bonds. The molecule has 0 aromatic carbocycles. The minimum atomic E-state index is 0.648. The van der Waals surface area contributed by atoms with E-state index in [1.165, 1.54) is 35.7 Å². The van der Waals surface area contributed by atoms with E-state index in [-0.39, 0.29) is 0 Å². The highest BCUT2D eigenvalue weighted by molar-refractivity contribution is 7.11. The zero-order valence-electron chi connectivity index (χ0n) is 10.8. The predicted molar refractivity (Wildman–Crippen MR) is 73.4 cm³/mol. The average Bonchev–Trinajstić information content (AvgIpc) is 2.75. The van der Waals surface area contributed by atoms with Crippen LogP contribution in [-0.2, 0) is 6.54 Å². The Balaban J connectivity index is 1.68. The highest BCUT2D eigenvalue weighted by Crippen LogP contribution is 2.19. The van der Waals surface area contributed by atoms with Gasteiger partial charge in [0.05, 0.1) is 0 Å². The predicted octanol–water partition coefficient (Wildman–Crippen LogP) is 2.32. The van der Waals surface area contributed by atoms with E-state index in [0.29, 0.717) is 6.04 Å². The third-order valence-electron chi connectivity index (χ3n) is 3.52. The molecule has 0 bridgehead atoms. The van der Waals surface area contributed by atoms with Crippen LogP contribution in [0.3, 0.4) is 0 Å². The summed E-state index contributed by atoms with van der Waals surface area (Å²) in [6, 6.07) is 0.648. The van der Waals surface area contributed by atoms with E-state index < -0.39 is 0 Å². The fraction of sp³-hybridized carbons (Fsp3) is 0.769. The van der Waals surface area contributed by atoms with Crippen LogP contribution in [-0.4, -0.2) is 24.1 Å². The Hall–Kier alpha value is -0.450. The number of rotatable bonds is 5. The lowest BCUT2D eigenvalue weighted by Gasteiger charge is -2.29. The molecule has 2 atom stereocenters. The van der Waals surface area contributed by atoms with Crippen LogP contribution >= 0.6 is 11.3 Å². The fourth-order valence-corrected chi connectivity index (χ4v) is 3.21. The van der Waals surface area contributed by atoms with Gasteiger partial charge >= 0.3 is 0 Å². The molecule has 1 aliphatic rings. The van der Waals surface area contributed by atoms with Gasteiger partial charge in [0.25, 0.3) is 0 Å². The maximum absolute atomic E-state index is 4.37. The first-order chi connectivity index (χ1) is 8.28. The van der Waals surface area contributed by atoms with Crippen molar-refractivity contribution in [1.82, 2.24) is 15.6 Å². The van der Waals surface area contributed by atoms with Gasteiger partial charge in [-0.05, 0) is 32.2 Å². The van der Waals surface area contributed by atoms with E-state index in [2.05, 4.69) is 29.5 Å². The van der Waals surface area contributed by atoms with Gasteiger partial charge in [0.2, 0.25) is 0 Å². The molecule has 3 nitrogen and oxygen atoms in total. The molecule has 96 valence electrons. The van der Waals surface area contributed by atoms with Gasteiger partial charge in [-0.3, -0.25) is 0 Å². The zero-order chi connectivity index (χ0) is 12.1. The van der Waals surface area contributed by atoms with E-state index in [0.717, 1.165) is 19.0 Å². The third-order valence-corrected chi connectivity index (χ3v) is 4.43. The molecule has 1 saturated heterocycles. The minimum absolute atomic E-state index is 0.648. The molecule has 1 aliphatic heterocycles. The Morgan fingerprint density at radius 3 is 3.18 bits per heavy atom. The van der Waals surface area contributed by atoms with Gasteiger partial charge < -0.3 is 10.6 Å². The van der Waals surface area contributed by atoms with Crippen LogP contribution in [0, 0.1) is 12.8 Å². The van der Waals surface area contributed by atoms with Gasteiger partial charge in [-0.2, -0.15) is 0 Å². The molecule has 2 unspecified atom stereocenters. The second kappa shape index (κ2) is 6.47. The van der Waals surface area contributed by atoms with Crippen molar-refractivity contribution in [3.05, 3.63) is 16.1 Å². The summed E-state index contributed by atoms with van der Waals surface area (Å²) in [7, 11) is 0. The van der Waals surface area contributed by atoms with Crippen molar-refractivity contribution < 1.29 is 0 Å². The van der Waals surface area contributed by atoms with Crippen molar-refractivity contribution in [2.24, 2.45) is 5.92 Å². The number of thiazole rings is 1. The van der Waals surface area contributed by atoms with Crippen molar-refractivity contribution >= 4 is 11.3 Å². The van der Waals surface area contributed by atoms with E-state index in [4.69, 9.17) is 0 Å². The number of nitrogens with one attached hydrogen (secondary N) is 2. The zero-order valence-corrected chi connectivity index (χ0v) is 11.6. The number of hydrogen-bond acceptors (Lipinski definition) is 4. The van der Waals surface area contributed by atoms with Gasteiger partial charge in [0, 0.05) is 30.2 Å². The molecule has 4 heteroatoms.